The number of aromatic nitrogens is 3. The first-order valence-corrected chi connectivity index (χ1v) is 20.3. The molecule has 0 spiro atoms. The van der Waals surface area contributed by atoms with E-state index in [2.05, 4.69) is 164 Å². The molecule has 0 fully saturated rings. The summed E-state index contributed by atoms with van der Waals surface area (Å²) in [6, 6.07) is 66.9. The molecule has 0 aliphatic rings. The molecular weight excluding hydrogens is 719 g/mol. The maximum atomic E-state index is 5.11. The zero-order valence-electron chi connectivity index (χ0n) is 30.1. The van der Waals surface area contributed by atoms with Gasteiger partial charge in [-0.2, -0.15) is 0 Å². The van der Waals surface area contributed by atoms with Crippen LogP contribution in [0.3, 0.4) is 0 Å². The number of thiophene rings is 2. The van der Waals surface area contributed by atoms with Gasteiger partial charge in [-0.3, -0.25) is 0 Å². The van der Waals surface area contributed by atoms with Gasteiger partial charge in [0.2, 0.25) is 0 Å². The average Bonchev–Trinajstić information content (AvgIpc) is 3.84. The Morgan fingerprint density at radius 2 is 0.804 bits per heavy atom. The van der Waals surface area contributed by atoms with E-state index in [1.807, 2.05) is 46.9 Å². The topological polar surface area (TPSA) is 38.7 Å². The van der Waals surface area contributed by atoms with E-state index in [9.17, 15) is 0 Å². The van der Waals surface area contributed by atoms with Crippen LogP contribution in [-0.2, 0) is 0 Å². The summed E-state index contributed by atoms with van der Waals surface area (Å²) in [5.41, 5.74) is 10.1. The van der Waals surface area contributed by atoms with Crippen molar-refractivity contribution in [2.24, 2.45) is 0 Å². The third-order valence-electron chi connectivity index (χ3n) is 10.5. The minimum Gasteiger partial charge on any atom is -0.208 e. The Balaban J connectivity index is 1.04. The minimum absolute atomic E-state index is 0.651. The Kier molecular flexibility index (Phi) is 7.87. The van der Waals surface area contributed by atoms with Crippen molar-refractivity contribution in [1.29, 1.82) is 0 Å². The Morgan fingerprint density at radius 3 is 1.55 bits per heavy atom. The van der Waals surface area contributed by atoms with Crippen LogP contribution in [0.5, 0.6) is 0 Å². The van der Waals surface area contributed by atoms with Gasteiger partial charge >= 0.3 is 0 Å². The smallest absolute Gasteiger partial charge is 0.164 e. The number of hydrogen-bond donors (Lipinski definition) is 0. The monoisotopic (exact) mass is 749 g/mol. The van der Waals surface area contributed by atoms with Crippen molar-refractivity contribution < 1.29 is 0 Å². The molecule has 0 saturated heterocycles. The molecule has 3 aromatic heterocycles. The van der Waals surface area contributed by atoms with Crippen LogP contribution in [0.25, 0.3) is 108 Å². The molecule has 262 valence electrons. The molecule has 8 aromatic carbocycles. The van der Waals surface area contributed by atoms with Gasteiger partial charge in [-0.25, -0.2) is 15.0 Å². The first-order valence-electron chi connectivity index (χ1n) is 18.7. The summed E-state index contributed by atoms with van der Waals surface area (Å²) in [6.07, 6.45) is 0. The van der Waals surface area contributed by atoms with E-state index in [1.54, 1.807) is 0 Å². The number of hydrogen-bond acceptors (Lipinski definition) is 5. The first kappa shape index (κ1) is 32.6. The van der Waals surface area contributed by atoms with E-state index < -0.39 is 0 Å². The summed E-state index contributed by atoms with van der Waals surface area (Å²) < 4.78 is 5.07. The van der Waals surface area contributed by atoms with Crippen molar-refractivity contribution in [2.45, 2.75) is 0 Å². The van der Waals surface area contributed by atoms with E-state index in [0.29, 0.717) is 17.5 Å². The maximum Gasteiger partial charge on any atom is 0.164 e. The van der Waals surface area contributed by atoms with Crippen LogP contribution in [0.1, 0.15) is 0 Å². The second kappa shape index (κ2) is 13.5. The van der Waals surface area contributed by atoms with Gasteiger partial charge in [0, 0.05) is 57.0 Å². The van der Waals surface area contributed by atoms with E-state index >= 15 is 0 Å². The van der Waals surface area contributed by atoms with Gasteiger partial charge in [-0.05, 0) is 75.8 Å². The van der Waals surface area contributed by atoms with E-state index in [-0.39, 0.29) is 0 Å². The molecule has 0 atom stereocenters. The van der Waals surface area contributed by atoms with Crippen LogP contribution in [0.4, 0.5) is 0 Å². The third kappa shape index (κ3) is 5.77. The standard InChI is InChI=1S/C51H31N3S2/c1-4-13-32(14-5-1)35-19-12-20-37(27-35)50-52-49(34-17-8-3-9-18-34)53-51(54-50)38-23-25-40-43-28-36(24-26-45(43)55-46(40)30-38)42-29-39(33-15-6-2-7-16-33)31-47-48(42)41-21-10-11-22-44(41)56-47/h1-31H. The number of rotatable bonds is 6. The number of nitrogens with zero attached hydrogens (tertiary/aromatic N) is 3. The molecule has 3 heterocycles. The number of fused-ring (bicyclic) bond motifs is 6. The second-order valence-corrected chi connectivity index (χ2v) is 16.2. The van der Waals surface area contributed by atoms with Crippen molar-refractivity contribution in [3.05, 3.63) is 188 Å². The van der Waals surface area contributed by atoms with Crippen molar-refractivity contribution in [1.82, 2.24) is 15.0 Å². The molecular formula is C51H31N3S2. The molecule has 0 radical (unpaired) electrons. The third-order valence-corrected chi connectivity index (χ3v) is 12.8. The molecule has 0 unspecified atom stereocenters. The van der Waals surface area contributed by atoms with Crippen LogP contribution in [0.2, 0.25) is 0 Å². The average molecular weight is 750 g/mol. The Bertz CT molecular complexity index is 3240. The summed E-state index contributed by atoms with van der Waals surface area (Å²) in [5.74, 6) is 1.96. The lowest BCUT2D eigenvalue weighted by Crippen LogP contribution is -2.00. The Hall–Kier alpha value is -6.79. The summed E-state index contributed by atoms with van der Waals surface area (Å²) in [6.45, 7) is 0. The fourth-order valence-electron chi connectivity index (χ4n) is 7.78. The van der Waals surface area contributed by atoms with E-state index in [1.165, 1.54) is 62.6 Å². The van der Waals surface area contributed by atoms with Crippen molar-refractivity contribution in [3.63, 3.8) is 0 Å². The largest absolute Gasteiger partial charge is 0.208 e. The van der Waals surface area contributed by atoms with Crippen LogP contribution >= 0.6 is 22.7 Å². The van der Waals surface area contributed by atoms with Crippen LogP contribution < -0.4 is 0 Å². The summed E-state index contributed by atoms with van der Waals surface area (Å²) in [4.78, 5) is 15.2. The van der Waals surface area contributed by atoms with Gasteiger partial charge in [-0.1, -0.05) is 146 Å². The fraction of sp³-hybridized carbons (Fsp3) is 0. The highest BCUT2D eigenvalue weighted by Crippen LogP contribution is 2.45. The molecule has 56 heavy (non-hydrogen) atoms. The lowest BCUT2D eigenvalue weighted by molar-refractivity contribution is 1.07. The molecule has 0 bridgehead atoms. The Morgan fingerprint density at radius 1 is 0.268 bits per heavy atom. The summed E-state index contributed by atoms with van der Waals surface area (Å²) >= 11 is 3.68. The van der Waals surface area contributed by atoms with E-state index in [4.69, 9.17) is 15.0 Å². The van der Waals surface area contributed by atoms with Gasteiger partial charge in [0.1, 0.15) is 0 Å². The normalized spacial score (nSPS) is 11.6. The lowest BCUT2D eigenvalue weighted by atomic mass is 9.94. The molecule has 0 saturated carbocycles. The maximum absolute atomic E-state index is 5.11. The van der Waals surface area contributed by atoms with Crippen LogP contribution in [0.15, 0.2) is 188 Å². The zero-order chi connectivity index (χ0) is 37.0. The molecule has 3 nitrogen and oxygen atoms in total. The van der Waals surface area contributed by atoms with Crippen molar-refractivity contribution >= 4 is 63.0 Å². The quantitative estimate of drug-likeness (QED) is 0.170. The van der Waals surface area contributed by atoms with Gasteiger partial charge in [-0.15, -0.1) is 22.7 Å². The van der Waals surface area contributed by atoms with Gasteiger partial charge < -0.3 is 0 Å². The molecule has 11 aromatic rings. The molecule has 0 aliphatic carbocycles. The fourth-order valence-corrected chi connectivity index (χ4v) is 10.1. The Labute approximate surface area is 331 Å². The molecule has 0 aliphatic heterocycles. The highest BCUT2D eigenvalue weighted by Gasteiger charge is 2.17. The van der Waals surface area contributed by atoms with E-state index in [0.717, 1.165) is 27.8 Å². The van der Waals surface area contributed by atoms with Gasteiger partial charge in [0.15, 0.2) is 17.5 Å². The van der Waals surface area contributed by atoms with Crippen LogP contribution in [-0.4, -0.2) is 15.0 Å². The molecule has 11 rings (SSSR count). The molecule has 0 N–H and O–H groups in total. The molecule has 5 heteroatoms. The first-order chi connectivity index (χ1) is 27.7. The highest BCUT2D eigenvalue weighted by atomic mass is 32.1. The predicted molar refractivity (Wildman–Crippen MR) is 238 cm³/mol. The second-order valence-electron chi connectivity index (χ2n) is 14.0. The zero-order valence-corrected chi connectivity index (χ0v) is 31.7. The summed E-state index contributed by atoms with van der Waals surface area (Å²) in [7, 11) is 0. The SMILES string of the molecule is c1ccc(-c2cccc(-c3nc(-c4ccccc4)nc(-c4ccc5c(c4)sc4ccc(-c6cc(-c7ccccc7)cc7sc8ccccc8c67)cc45)n3)c2)cc1. The highest BCUT2D eigenvalue weighted by molar-refractivity contribution is 7.26. The predicted octanol–water partition coefficient (Wildman–Crippen LogP) is 14.6. The van der Waals surface area contributed by atoms with Crippen molar-refractivity contribution in [3.8, 4) is 67.5 Å². The summed E-state index contributed by atoms with van der Waals surface area (Å²) in [5, 5.41) is 5.11. The van der Waals surface area contributed by atoms with Gasteiger partial charge in [0.25, 0.3) is 0 Å². The minimum atomic E-state index is 0.651. The molecule has 0 amide bonds. The number of benzene rings is 8. The van der Waals surface area contributed by atoms with Crippen LogP contribution in [0, 0.1) is 0 Å². The lowest BCUT2D eigenvalue weighted by Gasteiger charge is -2.10. The van der Waals surface area contributed by atoms with Crippen molar-refractivity contribution in [2.75, 3.05) is 0 Å². The van der Waals surface area contributed by atoms with Gasteiger partial charge in [0.05, 0.1) is 0 Å².